The third kappa shape index (κ3) is 6.33. The van der Waals surface area contributed by atoms with E-state index in [2.05, 4.69) is 15.5 Å². The van der Waals surface area contributed by atoms with Crippen LogP contribution in [0.1, 0.15) is 52.5 Å². The number of benzene rings is 1. The van der Waals surface area contributed by atoms with Crippen LogP contribution in [0.5, 0.6) is 0 Å². The molecule has 5 atom stereocenters. The van der Waals surface area contributed by atoms with E-state index >= 15 is 0 Å². The Morgan fingerprint density at radius 2 is 1.84 bits per heavy atom. The average molecular weight is 519 g/mol. The smallest absolute Gasteiger partial charge is 0.246 e. The summed E-state index contributed by atoms with van der Waals surface area (Å²) in [6.07, 6.45) is 2.66. The van der Waals surface area contributed by atoms with Crippen LogP contribution in [-0.4, -0.2) is 91.3 Å². The first kappa shape index (κ1) is 28.0. The van der Waals surface area contributed by atoms with Gasteiger partial charge in [0, 0.05) is 38.4 Å². The van der Waals surface area contributed by atoms with Crippen LogP contribution in [0.25, 0.3) is 0 Å². The van der Waals surface area contributed by atoms with Crippen LogP contribution >= 0.6 is 0 Å². The van der Waals surface area contributed by atoms with Crippen molar-refractivity contribution in [3.8, 4) is 0 Å². The number of amides is 2. The van der Waals surface area contributed by atoms with E-state index in [1.165, 1.54) is 12.1 Å². The van der Waals surface area contributed by atoms with Gasteiger partial charge in [-0.1, -0.05) is 32.9 Å². The fraction of sp³-hybridized carbons (Fsp3) is 0.714. The fourth-order valence-electron chi connectivity index (χ4n) is 5.90. The number of halogens is 1. The molecule has 206 valence electrons. The van der Waals surface area contributed by atoms with Crippen molar-refractivity contribution in [1.82, 2.24) is 20.4 Å². The van der Waals surface area contributed by atoms with Gasteiger partial charge in [0.1, 0.15) is 11.9 Å². The Hall–Kier alpha value is -2.07. The Bertz CT molecular complexity index is 931. The number of nitrogens with one attached hydrogen (secondary N) is 2. The van der Waals surface area contributed by atoms with Gasteiger partial charge in [-0.15, -0.1) is 0 Å². The van der Waals surface area contributed by atoms with Gasteiger partial charge in [-0.3, -0.25) is 14.5 Å². The predicted molar refractivity (Wildman–Crippen MR) is 139 cm³/mol. The molecule has 4 rings (SSSR count). The van der Waals surface area contributed by atoms with Gasteiger partial charge in [0.15, 0.2) is 0 Å². The second kappa shape index (κ2) is 11.8. The molecule has 2 N–H and O–H groups in total. The summed E-state index contributed by atoms with van der Waals surface area (Å²) in [5.74, 6) is -0.516. The number of likely N-dealkylation sites (N-methyl/N-ethyl adjacent to an activating group) is 1. The summed E-state index contributed by atoms with van der Waals surface area (Å²) in [6.45, 7) is 11.0. The molecule has 0 bridgehead atoms. The number of hydrogen-bond acceptors (Lipinski definition) is 6. The fourth-order valence-corrected chi connectivity index (χ4v) is 5.90. The molecular formula is C28H43FN4O4. The maximum atomic E-state index is 14.1. The zero-order valence-corrected chi connectivity index (χ0v) is 22.8. The first-order valence-electron chi connectivity index (χ1n) is 13.6. The van der Waals surface area contributed by atoms with E-state index < -0.39 is 17.5 Å². The van der Waals surface area contributed by atoms with Crippen molar-refractivity contribution < 1.29 is 23.5 Å². The van der Waals surface area contributed by atoms with Crippen molar-refractivity contribution in [2.45, 2.75) is 89.9 Å². The third-order valence-electron chi connectivity index (χ3n) is 8.16. The maximum Gasteiger partial charge on any atom is 0.246 e. The average Bonchev–Trinajstić information content (AvgIpc) is 3.47. The third-order valence-corrected chi connectivity index (χ3v) is 8.16. The number of nitrogens with zero attached hydrogens (tertiary/aromatic N) is 2. The van der Waals surface area contributed by atoms with E-state index in [9.17, 15) is 14.0 Å². The Kier molecular flexibility index (Phi) is 8.89. The SMILES string of the molecule is CN[C@@H](C)C(=O)N[C@H](C(=O)N1CC[C@@H]2[C@H]1[C@@H](OCc1ccc(F)cc1)CN2C1CCOCC1)C(C)(C)C. The Morgan fingerprint density at radius 3 is 2.46 bits per heavy atom. The van der Waals surface area contributed by atoms with Crippen molar-refractivity contribution in [3.63, 3.8) is 0 Å². The maximum absolute atomic E-state index is 14.1. The number of carbonyl (C=O) groups is 2. The molecule has 0 aliphatic carbocycles. The molecule has 3 aliphatic rings. The minimum Gasteiger partial charge on any atom is -0.381 e. The highest BCUT2D eigenvalue weighted by Gasteiger charge is 2.54. The molecule has 3 heterocycles. The van der Waals surface area contributed by atoms with E-state index in [1.54, 1.807) is 26.1 Å². The molecule has 1 aromatic carbocycles. The highest BCUT2D eigenvalue weighted by molar-refractivity contribution is 5.90. The number of likely N-dealkylation sites (tertiary alicyclic amines) is 2. The van der Waals surface area contributed by atoms with Crippen LogP contribution in [0.15, 0.2) is 24.3 Å². The molecule has 1 aromatic rings. The molecule has 37 heavy (non-hydrogen) atoms. The summed E-state index contributed by atoms with van der Waals surface area (Å²) < 4.78 is 25.5. The lowest BCUT2D eigenvalue weighted by Gasteiger charge is -2.37. The van der Waals surface area contributed by atoms with E-state index in [0.717, 1.165) is 44.6 Å². The minimum absolute atomic E-state index is 0.0548. The zero-order valence-electron chi connectivity index (χ0n) is 22.8. The number of hydrogen-bond donors (Lipinski definition) is 2. The van der Waals surface area contributed by atoms with Gasteiger partial charge >= 0.3 is 0 Å². The molecule has 0 unspecified atom stereocenters. The summed E-state index contributed by atoms with van der Waals surface area (Å²) >= 11 is 0. The molecule has 3 aliphatic heterocycles. The normalized spacial score (nSPS) is 26.6. The zero-order chi connectivity index (χ0) is 26.7. The summed E-state index contributed by atoms with van der Waals surface area (Å²) in [6, 6.07) is 5.84. The Labute approximate surface area is 220 Å². The van der Waals surface area contributed by atoms with Gasteiger partial charge in [0.2, 0.25) is 11.8 Å². The van der Waals surface area contributed by atoms with Crippen LogP contribution in [0.4, 0.5) is 4.39 Å². The largest absolute Gasteiger partial charge is 0.381 e. The van der Waals surface area contributed by atoms with Gasteiger partial charge in [-0.05, 0) is 56.3 Å². The van der Waals surface area contributed by atoms with Crippen LogP contribution in [0.3, 0.4) is 0 Å². The Balaban J connectivity index is 1.55. The van der Waals surface area contributed by atoms with Gasteiger partial charge in [0.25, 0.3) is 0 Å². The van der Waals surface area contributed by atoms with Gasteiger partial charge in [0.05, 0.1) is 24.8 Å². The summed E-state index contributed by atoms with van der Waals surface area (Å²) in [4.78, 5) is 31.3. The second-order valence-corrected chi connectivity index (χ2v) is 11.7. The lowest BCUT2D eigenvalue weighted by atomic mass is 9.85. The molecule has 9 heteroatoms. The van der Waals surface area contributed by atoms with E-state index in [1.807, 2.05) is 25.7 Å². The van der Waals surface area contributed by atoms with Gasteiger partial charge < -0.3 is 25.0 Å². The highest BCUT2D eigenvalue weighted by Crippen LogP contribution is 2.38. The molecule has 0 aromatic heterocycles. The molecule has 0 saturated carbocycles. The quantitative estimate of drug-likeness (QED) is 0.550. The molecule has 0 spiro atoms. The second-order valence-electron chi connectivity index (χ2n) is 11.7. The van der Waals surface area contributed by atoms with Crippen molar-refractivity contribution >= 4 is 11.8 Å². The molecule has 8 nitrogen and oxygen atoms in total. The van der Waals surface area contributed by atoms with Crippen LogP contribution < -0.4 is 10.6 Å². The van der Waals surface area contributed by atoms with Gasteiger partial charge in [-0.2, -0.15) is 0 Å². The molecular weight excluding hydrogens is 475 g/mol. The lowest BCUT2D eigenvalue weighted by Crippen LogP contribution is -2.59. The predicted octanol–water partition coefficient (Wildman–Crippen LogP) is 2.31. The first-order chi connectivity index (χ1) is 17.6. The molecule has 3 fully saturated rings. The Morgan fingerprint density at radius 1 is 1.16 bits per heavy atom. The van der Waals surface area contributed by atoms with Crippen LogP contribution in [-0.2, 0) is 25.7 Å². The van der Waals surface area contributed by atoms with E-state index in [0.29, 0.717) is 19.2 Å². The standard InChI is InChI=1S/C28H43FN4O4/c1-18(30-5)26(34)31-25(28(2,3)4)27(35)32-13-10-22-24(32)23(16-33(22)21-11-14-36-15-12-21)37-17-19-6-8-20(29)9-7-19/h6-9,18,21-25,30H,10-17H2,1-5H3,(H,31,34)/t18-,22+,23-,24-,25+/m0/s1. The number of ether oxygens (including phenoxy) is 2. The summed E-state index contributed by atoms with van der Waals surface area (Å²) in [7, 11) is 1.73. The molecule has 3 saturated heterocycles. The highest BCUT2D eigenvalue weighted by atomic mass is 19.1. The monoisotopic (exact) mass is 518 g/mol. The first-order valence-corrected chi connectivity index (χ1v) is 13.6. The number of rotatable bonds is 8. The van der Waals surface area contributed by atoms with Crippen molar-refractivity contribution in [2.75, 3.05) is 33.4 Å². The summed E-state index contributed by atoms with van der Waals surface area (Å²) in [5, 5.41) is 5.97. The van der Waals surface area contributed by atoms with Crippen molar-refractivity contribution in [3.05, 3.63) is 35.6 Å². The number of fused-ring (bicyclic) bond motifs is 1. The van der Waals surface area contributed by atoms with E-state index in [-0.39, 0.29) is 35.8 Å². The number of carbonyl (C=O) groups excluding carboxylic acids is 2. The molecule has 0 radical (unpaired) electrons. The lowest BCUT2D eigenvalue weighted by molar-refractivity contribution is -0.142. The minimum atomic E-state index is -0.649. The summed E-state index contributed by atoms with van der Waals surface area (Å²) in [5.41, 5.74) is 0.445. The van der Waals surface area contributed by atoms with E-state index in [4.69, 9.17) is 9.47 Å². The van der Waals surface area contributed by atoms with Crippen LogP contribution in [0, 0.1) is 11.2 Å². The van der Waals surface area contributed by atoms with Crippen molar-refractivity contribution in [1.29, 1.82) is 0 Å². The molecule has 2 amide bonds. The van der Waals surface area contributed by atoms with Gasteiger partial charge in [-0.25, -0.2) is 4.39 Å². The van der Waals surface area contributed by atoms with Crippen molar-refractivity contribution in [2.24, 2.45) is 5.41 Å². The van der Waals surface area contributed by atoms with Crippen LogP contribution in [0.2, 0.25) is 0 Å². The topological polar surface area (TPSA) is 83.1 Å².